The molecule has 7 heteroatoms. The minimum atomic E-state index is -0.340. The first kappa shape index (κ1) is 20.2. The van der Waals surface area contributed by atoms with Gasteiger partial charge in [0.15, 0.2) is 6.61 Å². The van der Waals surface area contributed by atoms with Crippen molar-refractivity contribution in [3.05, 3.63) is 59.1 Å². The van der Waals surface area contributed by atoms with Gasteiger partial charge in [0.05, 0.1) is 5.02 Å². The van der Waals surface area contributed by atoms with Crippen molar-refractivity contribution >= 4 is 29.1 Å². The first-order chi connectivity index (χ1) is 13.6. The SMILES string of the molecule is O=C(COc1ccccc1Cl)Nc1cccc(C(=O)N2CCC(CO)CC2)c1. The molecule has 0 radical (unpaired) electrons. The van der Waals surface area contributed by atoms with Crippen LogP contribution in [-0.2, 0) is 4.79 Å². The predicted molar refractivity (Wildman–Crippen MR) is 108 cm³/mol. The van der Waals surface area contributed by atoms with Gasteiger partial charge in [0.2, 0.25) is 0 Å². The summed E-state index contributed by atoms with van der Waals surface area (Å²) in [5.74, 6) is 0.301. The monoisotopic (exact) mass is 402 g/mol. The van der Waals surface area contributed by atoms with Crippen molar-refractivity contribution in [1.82, 2.24) is 4.90 Å². The second kappa shape index (κ2) is 9.57. The van der Waals surface area contributed by atoms with E-state index in [-0.39, 0.29) is 30.9 Å². The Morgan fingerprint density at radius 3 is 2.61 bits per heavy atom. The molecule has 0 saturated carbocycles. The molecule has 2 N–H and O–H groups in total. The highest BCUT2D eigenvalue weighted by Crippen LogP contribution is 2.23. The lowest BCUT2D eigenvalue weighted by Crippen LogP contribution is -2.39. The zero-order valence-electron chi connectivity index (χ0n) is 15.4. The summed E-state index contributed by atoms with van der Waals surface area (Å²) in [6.07, 6.45) is 1.61. The van der Waals surface area contributed by atoms with Gasteiger partial charge in [0.1, 0.15) is 5.75 Å². The van der Waals surface area contributed by atoms with Crippen molar-refractivity contribution in [2.24, 2.45) is 5.92 Å². The van der Waals surface area contributed by atoms with Crippen LogP contribution in [0.3, 0.4) is 0 Å². The number of ether oxygens (including phenoxy) is 1. The maximum atomic E-state index is 12.7. The molecule has 0 bridgehead atoms. The fourth-order valence-electron chi connectivity index (χ4n) is 3.13. The number of halogens is 1. The third kappa shape index (κ3) is 5.24. The zero-order chi connectivity index (χ0) is 19.9. The smallest absolute Gasteiger partial charge is 0.262 e. The van der Waals surface area contributed by atoms with Crippen molar-refractivity contribution < 1.29 is 19.4 Å². The molecule has 0 atom stereocenters. The highest BCUT2D eigenvalue weighted by Gasteiger charge is 2.23. The van der Waals surface area contributed by atoms with Crippen molar-refractivity contribution in [2.45, 2.75) is 12.8 Å². The van der Waals surface area contributed by atoms with Gasteiger partial charge in [0.25, 0.3) is 11.8 Å². The van der Waals surface area contributed by atoms with Gasteiger partial charge in [-0.2, -0.15) is 0 Å². The molecule has 1 fully saturated rings. The molecule has 0 aliphatic carbocycles. The second-order valence-electron chi connectivity index (χ2n) is 6.77. The number of benzene rings is 2. The third-order valence-electron chi connectivity index (χ3n) is 4.75. The van der Waals surface area contributed by atoms with Crippen LogP contribution in [0.15, 0.2) is 48.5 Å². The summed E-state index contributed by atoms with van der Waals surface area (Å²) in [6.45, 7) is 1.25. The third-order valence-corrected chi connectivity index (χ3v) is 5.06. The second-order valence-corrected chi connectivity index (χ2v) is 7.17. The Hall–Kier alpha value is -2.57. The summed E-state index contributed by atoms with van der Waals surface area (Å²) < 4.78 is 5.42. The van der Waals surface area contributed by atoms with Gasteiger partial charge in [-0.3, -0.25) is 9.59 Å². The maximum Gasteiger partial charge on any atom is 0.262 e. The molecule has 0 unspecified atom stereocenters. The molecule has 0 spiro atoms. The van der Waals surface area contributed by atoms with E-state index in [1.807, 2.05) is 0 Å². The molecule has 2 amide bonds. The molecule has 28 heavy (non-hydrogen) atoms. The van der Waals surface area contributed by atoms with Crippen molar-refractivity contribution in [3.63, 3.8) is 0 Å². The minimum Gasteiger partial charge on any atom is -0.482 e. The molecule has 1 heterocycles. The van der Waals surface area contributed by atoms with Gasteiger partial charge in [-0.15, -0.1) is 0 Å². The molecule has 1 aliphatic heterocycles. The fourth-order valence-corrected chi connectivity index (χ4v) is 3.32. The number of piperidine rings is 1. The molecule has 0 aromatic heterocycles. The van der Waals surface area contributed by atoms with E-state index >= 15 is 0 Å². The van der Waals surface area contributed by atoms with Crippen LogP contribution in [0.2, 0.25) is 5.02 Å². The Labute approximate surface area is 169 Å². The normalized spacial score (nSPS) is 14.6. The van der Waals surface area contributed by atoms with E-state index in [4.69, 9.17) is 16.3 Å². The first-order valence-corrected chi connectivity index (χ1v) is 9.62. The van der Waals surface area contributed by atoms with E-state index < -0.39 is 0 Å². The van der Waals surface area contributed by atoms with E-state index in [1.54, 1.807) is 53.4 Å². The highest BCUT2D eigenvalue weighted by atomic mass is 35.5. The van der Waals surface area contributed by atoms with E-state index in [9.17, 15) is 14.7 Å². The van der Waals surface area contributed by atoms with Crippen LogP contribution in [0.5, 0.6) is 5.75 Å². The number of hydrogen-bond acceptors (Lipinski definition) is 4. The average Bonchev–Trinajstić information content (AvgIpc) is 2.73. The lowest BCUT2D eigenvalue weighted by Gasteiger charge is -2.31. The molecule has 2 aromatic rings. The van der Waals surface area contributed by atoms with Gasteiger partial charge in [0, 0.05) is 30.9 Å². The van der Waals surface area contributed by atoms with Crippen molar-refractivity contribution in [1.29, 1.82) is 0 Å². The van der Waals surface area contributed by atoms with E-state index in [0.717, 1.165) is 12.8 Å². The Kier molecular flexibility index (Phi) is 6.90. The van der Waals surface area contributed by atoms with Crippen LogP contribution in [0, 0.1) is 5.92 Å². The maximum absolute atomic E-state index is 12.7. The summed E-state index contributed by atoms with van der Waals surface area (Å²) in [6, 6.07) is 13.8. The van der Waals surface area contributed by atoms with E-state index in [2.05, 4.69) is 5.32 Å². The number of nitrogens with zero attached hydrogens (tertiary/aromatic N) is 1. The van der Waals surface area contributed by atoms with E-state index in [1.165, 1.54) is 0 Å². The van der Waals surface area contributed by atoms with Gasteiger partial charge in [-0.25, -0.2) is 0 Å². The number of hydrogen-bond donors (Lipinski definition) is 2. The highest BCUT2D eigenvalue weighted by molar-refractivity contribution is 6.32. The molecule has 1 aliphatic rings. The molecular weight excluding hydrogens is 380 g/mol. The topological polar surface area (TPSA) is 78.9 Å². The summed E-state index contributed by atoms with van der Waals surface area (Å²) >= 11 is 6.00. The van der Waals surface area contributed by atoms with Crippen LogP contribution in [-0.4, -0.2) is 48.1 Å². The Balaban J connectivity index is 1.56. The zero-order valence-corrected chi connectivity index (χ0v) is 16.2. The van der Waals surface area contributed by atoms with Crippen LogP contribution in [0.25, 0.3) is 0 Å². The number of para-hydroxylation sites is 1. The number of anilines is 1. The first-order valence-electron chi connectivity index (χ1n) is 9.24. The van der Waals surface area contributed by atoms with Gasteiger partial charge in [-0.05, 0) is 49.1 Å². The van der Waals surface area contributed by atoms with Gasteiger partial charge in [-0.1, -0.05) is 29.8 Å². The molecule has 1 saturated heterocycles. The van der Waals surface area contributed by atoms with Gasteiger partial charge >= 0.3 is 0 Å². The Bertz CT molecular complexity index is 835. The summed E-state index contributed by atoms with van der Waals surface area (Å²) in [5, 5.41) is 12.4. The lowest BCUT2D eigenvalue weighted by atomic mass is 9.97. The number of amides is 2. The number of carbonyl (C=O) groups excluding carboxylic acids is 2. The molecule has 2 aromatic carbocycles. The number of rotatable bonds is 6. The summed E-state index contributed by atoms with van der Waals surface area (Å²) in [7, 11) is 0. The molecule has 148 valence electrons. The van der Waals surface area contributed by atoms with Crippen LogP contribution >= 0.6 is 11.6 Å². The number of carbonyl (C=O) groups is 2. The number of aliphatic hydroxyl groups excluding tert-OH is 1. The quantitative estimate of drug-likeness (QED) is 0.777. The Morgan fingerprint density at radius 1 is 1.14 bits per heavy atom. The Morgan fingerprint density at radius 2 is 1.89 bits per heavy atom. The van der Waals surface area contributed by atoms with Crippen molar-refractivity contribution in [2.75, 3.05) is 31.6 Å². The molecule has 6 nitrogen and oxygen atoms in total. The van der Waals surface area contributed by atoms with Crippen LogP contribution in [0.4, 0.5) is 5.69 Å². The molecular formula is C21H23ClN2O4. The summed E-state index contributed by atoms with van der Waals surface area (Å²) in [4.78, 5) is 26.6. The number of aliphatic hydroxyl groups is 1. The standard InChI is InChI=1S/C21H23ClN2O4/c22-18-6-1-2-7-19(18)28-14-20(26)23-17-5-3-4-16(12-17)21(27)24-10-8-15(13-25)9-11-24/h1-7,12,15,25H,8-11,13-14H2,(H,23,26). The van der Waals surface area contributed by atoms with Gasteiger partial charge < -0.3 is 20.1 Å². The number of nitrogens with one attached hydrogen (secondary N) is 1. The average molecular weight is 403 g/mol. The minimum absolute atomic E-state index is 0.0696. The summed E-state index contributed by atoms with van der Waals surface area (Å²) in [5.41, 5.74) is 1.05. The van der Waals surface area contributed by atoms with Crippen LogP contribution < -0.4 is 10.1 Å². The van der Waals surface area contributed by atoms with Crippen LogP contribution in [0.1, 0.15) is 23.2 Å². The lowest BCUT2D eigenvalue weighted by molar-refractivity contribution is -0.118. The largest absolute Gasteiger partial charge is 0.482 e. The fraction of sp³-hybridized carbons (Fsp3) is 0.333. The predicted octanol–water partition coefficient (Wildman–Crippen LogP) is 3.20. The van der Waals surface area contributed by atoms with E-state index in [0.29, 0.717) is 35.1 Å². The van der Waals surface area contributed by atoms with Crippen molar-refractivity contribution in [3.8, 4) is 5.75 Å². The molecule has 3 rings (SSSR count). The number of likely N-dealkylation sites (tertiary alicyclic amines) is 1.